The Morgan fingerprint density at radius 1 is 1.29 bits per heavy atom. The number of hydrogen-bond acceptors (Lipinski definition) is 7. The molecule has 0 N–H and O–H groups in total. The number of aromatic nitrogens is 3. The lowest BCUT2D eigenvalue weighted by atomic mass is 10.1. The second kappa shape index (κ2) is 8.45. The Balaban J connectivity index is 1.79. The fourth-order valence-corrected chi connectivity index (χ4v) is 3.72. The summed E-state index contributed by atoms with van der Waals surface area (Å²) >= 11 is 12.2. The highest BCUT2D eigenvalue weighted by Crippen LogP contribution is 2.26. The van der Waals surface area contributed by atoms with Crippen molar-refractivity contribution in [3.8, 4) is 5.69 Å². The van der Waals surface area contributed by atoms with Crippen molar-refractivity contribution < 1.29 is 9.53 Å². The minimum Gasteiger partial charge on any atom is -0.462 e. The van der Waals surface area contributed by atoms with Gasteiger partial charge in [-0.2, -0.15) is 0 Å². The molecule has 162 valence electrons. The van der Waals surface area contributed by atoms with Crippen molar-refractivity contribution in [1.82, 2.24) is 19.4 Å². The fourth-order valence-electron chi connectivity index (χ4n) is 3.43. The summed E-state index contributed by atoms with van der Waals surface area (Å²) in [6, 6.07) is 5.67. The van der Waals surface area contributed by atoms with Crippen LogP contribution in [-0.2, 0) is 4.74 Å². The van der Waals surface area contributed by atoms with Gasteiger partial charge in [0.05, 0.1) is 28.9 Å². The number of fused-ring (bicyclic) bond motifs is 1. The lowest BCUT2D eigenvalue weighted by Crippen LogP contribution is -2.57. The summed E-state index contributed by atoms with van der Waals surface area (Å²) < 4.78 is 6.64. The minimum absolute atomic E-state index is 0.0612. The molecular weight excluding hydrogens is 441 g/mol. The number of nitrogens with zero attached hydrogens (tertiary/aromatic N) is 5. The number of halogens is 2. The second-order valence-corrected chi connectivity index (χ2v) is 8.26. The third kappa shape index (κ3) is 3.98. The number of carbonyl (C=O) groups excluding carboxylic acids is 1. The Morgan fingerprint density at radius 2 is 2.03 bits per heavy atom. The summed E-state index contributed by atoms with van der Waals surface area (Å²) in [6.45, 7) is 3.64. The molecule has 8 nitrogen and oxygen atoms in total. The average Bonchev–Trinajstić information content (AvgIpc) is 2.69. The summed E-state index contributed by atoms with van der Waals surface area (Å²) in [7, 11) is 4.12. The summed E-state index contributed by atoms with van der Waals surface area (Å²) in [4.78, 5) is 38.5. The van der Waals surface area contributed by atoms with Crippen molar-refractivity contribution in [2.75, 3.05) is 38.7 Å². The van der Waals surface area contributed by atoms with E-state index in [0.29, 0.717) is 11.7 Å². The predicted molar refractivity (Wildman–Crippen MR) is 121 cm³/mol. The van der Waals surface area contributed by atoms with Crippen molar-refractivity contribution >= 4 is 46.0 Å². The van der Waals surface area contributed by atoms with Crippen molar-refractivity contribution in [2.24, 2.45) is 0 Å². The number of ether oxygens (including phenoxy) is 1. The van der Waals surface area contributed by atoms with Crippen LogP contribution in [0.2, 0.25) is 10.2 Å². The van der Waals surface area contributed by atoms with Gasteiger partial charge in [-0.3, -0.25) is 9.36 Å². The van der Waals surface area contributed by atoms with Crippen molar-refractivity contribution in [3.63, 3.8) is 0 Å². The summed E-state index contributed by atoms with van der Waals surface area (Å²) in [5.74, 6) is 0.140. The van der Waals surface area contributed by atoms with E-state index in [0.717, 1.165) is 18.9 Å². The molecule has 0 spiro atoms. The monoisotopic (exact) mass is 461 g/mol. The molecule has 0 amide bonds. The van der Waals surface area contributed by atoms with Crippen LogP contribution in [0.3, 0.4) is 0 Å². The van der Waals surface area contributed by atoms with Crippen LogP contribution in [0.4, 0.5) is 5.82 Å². The molecule has 3 aromatic heterocycles. The molecule has 1 saturated heterocycles. The number of carbonyl (C=O) groups is 1. The first kappa shape index (κ1) is 21.5. The maximum absolute atomic E-state index is 12.9. The summed E-state index contributed by atoms with van der Waals surface area (Å²) in [5.41, 5.74) is 0.263. The second-order valence-electron chi connectivity index (χ2n) is 7.49. The van der Waals surface area contributed by atoms with E-state index >= 15 is 0 Å². The molecule has 10 heteroatoms. The van der Waals surface area contributed by atoms with Crippen LogP contribution in [0.25, 0.3) is 16.7 Å². The zero-order chi connectivity index (χ0) is 22.3. The molecule has 4 heterocycles. The quantitative estimate of drug-likeness (QED) is 0.426. The van der Waals surface area contributed by atoms with Gasteiger partial charge in [0.25, 0.3) is 0 Å². The lowest BCUT2D eigenvalue weighted by molar-refractivity contribution is 0.0524. The standard InChI is InChI=1S/C21H21Cl2N5O3/c1-4-31-21(30)15-11-28(20-14(18(15)29)7-16(22)19(23)25-20)12-5-6-17(24-8-12)27-9-13(10-27)26(2)3/h5-8,11,13H,4,9-10H2,1-3H3. The summed E-state index contributed by atoms with van der Waals surface area (Å²) in [5, 5.41) is 0.354. The van der Waals surface area contributed by atoms with Crippen LogP contribution in [-0.4, -0.2) is 65.2 Å². The molecule has 0 radical (unpaired) electrons. The molecule has 0 unspecified atom stereocenters. The zero-order valence-electron chi connectivity index (χ0n) is 17.3. The number of rotatable bonds is 5. The van der Waals surface area contributed by atoms with Crippen molar-refractivity contribution in [2.45, 2.75) is 13.0 Å². The van der Waals surface area contributed by atoms with Crippen LogP contribution in [0.5, 0.6) is 0 Å². The van der Waals surface area contributed by atoms with Gasteiger partial charge in [-0.1, -0.05) is 23.2 Å². The van der Waals surface area contributed by atoms with Crippen molar-refractivity contribution in [1.29, 1.82) is 0 Å². The van der Waals surface area contributed by atoms with Crippen molar-refractivity contribution in [3.05, 3.63) is 56.6 Å². The zero-order valence-corrected chi connectivity index (χ0v) is 18.8. The maximum Gasteiger partial charge on any atom is 0.343 e. The van der Waals surface area contributed by atoms with Gasteiger partial charge < -0.3 is 14.5 Å². The number of hydrogen-bond donors (Lipinski definition) is 0. The van der Waals surface area contributed by atoms with E-state index in [9.17, 15) is 9.59 Å². The van der Waals surface area contributed by atoms with Gasteiger partial charge >= 0.3 is 5.97 Å². The Kier molecular flexibility index (Phi) is 5.88. The van der Waals surface area contributed by atoms with Gasteiger partial charge in [0.15, 0.2) is 0 Å². The summed E-state index contributed by atoms with van der Waals surface area (Å²) in [6.07, 6.45) is 3.07. The Morgan fingerprint density at radius 3 is 2.65 bits per heavy atom. The highest BCUT2D eigenvalue weighted by Gasteiger charge is 2.29. The van der Waals surface area contributed by atoms with E-state index < -0.39 is 11.4 Å². The molecule has 0 aromatic carbocycles. The van der Waals surface area contributed by atoms with Crippen LogP contribution in [0.1, 0.15) is 17.3 Å². The maximum atomic E-state index is 12.9. The van der Waals surface area contributed by atoms with E-state index in [1.165, 1.54) is 12.3 Å². The number of esters is 1. The van der Waals surface area contributed by atoms with Crippen LogP contribution in [0.15, 0.2) is 35.4 Å². The van der Waals surface area contributed by atoms with E-state index in [2.05, 4.69) is 33.9 Å². The molecule has 0 aliphatic carbocycles. The van der Waals surface area contributed by atoms with Crippen LogP contribution >= 0.6 is 23.2 Å². The van der Waals surface area contributed by atoms with E-state index in [-0.39, 0.29) is 33.4 Å². The highest BCUT2D eigenvalue weighted by atomic mass is 35.5. The average molecular weight is 462 g/mol. The number of likely N-dealkylation sites (N-methyl/N-ethyl adjacent to an activating group) is 1. The topological polar surface area (TPSA) is 80.6 Å². The molecule has 1 aliphatic heterocycles. The van der Waals surface area contributed by atoms with Gasteiger partial charge in [-0.25, -0.2) is 14.8 Å². The molecule has 1 aliphatic rings. The number of pyridine rings is 3. The van der Waals surface area contributed by atoms with Crippen LogP contribution in [0, 0.1) is 0 Å². The first-order valence-corrected chi connectivity index (χ1v) is 10.5. The SMILES string of the molecule is CCOC(=O)c1cn(-c2ccc(N3CC(N(C)C)C3)nc2)c2nc(Cl)c(Cl)cc2c1=O. The van der Waals surface area contributed by atoms with Gasteiger partial charge in [0.2, 0.25) is 5.43 Å². The minimum atomic E-state index is -0.714. The molecule has 3 aromatic rings. The van der Waals surface area contributed by atoms with Gasteiger partial charge in [-0.05, 0) is 39.2 Å². The van der Waals surface area contributed by atoms with E-state index in [1.54, 1.807) is 17.7 Å². The molecule has 0 atom stereocenters. The van der Waals surface area contributed by atoms with Gasteiger partial charge in [0, 0.05) is 25.3 Å². The largest absolute Gasteiger partial charge is 0.462 e. The molecule has 0 saturated carbocycles. The lowest BCUT2D eigenvalue weighted by Gasteiger charge is -2.43. The molecule has 1 fully saturated rings. The first-order chi connectivity index (χ1) is 14.8. The Bertz CT molecular complexity index is 1200. The van der Waals surface area contributed by atoms with E-state index in [4.69, 9.17) is 27.9 Å². The fraction of sp³-hybridized carbons (Fsp3) is 0.333. The van der Waals surface area contributed by atoms with Gasteiger partial charge in [-0.15, -0.1) is 0 Å². The molecule has 31 heavy (non-hydrogen) atoms. The van der Waals surface area contributed by atoms with Crippen LogP contribution < -0.4 is 10.3 Å². The number of anilines is 1. The first-order valence-electron chi connectivity index (χ1n) is 9.76. The smallest absolute Gasteiger partial charge is 0.343 e. The third-order valence-corrected chi connectivity index (χ3v) is 5.98. The molecular formula is C21H21Cl2N5O3. The Hall–Kier alpha value is -2.68. The predicted octanol–water partition coefficient (Wildman–Crippen LogP) is 3.01. The molecule has 4 rings (SSSR count). The van der Waals surface area contributed by atoms with E-state index in [1.807, 2.05) is 12.1 Å². The molecule has 0 bridgehead atoms. The highest BCUT2D eigenvalue weighted by molar-refractivity contribution is 6.41. The third-order valence-electron chi connectivity index (χ3n) is 5.31. The van der Waals surface area contributed by atoms with Gasteiger partial charge in [0.1, 0.15) is 22.2 Å². The Labute approximate surface area is 189 Å². The normalized spacial score (nSPS) is 14.2.